The largest absolute Gasteiger partial charge is 1.00 e. The average Bonchev–Trinajstić information content (AvgIpc) is 2.45. The molecule has 8 N–H and O–H groups in total. The minimum absolute atomic E-state index is 0. The van der Waals surface area contributed by atoms with Crippen molar-refractivity contribution in [1.82, 2.24) is 10.6 Å². The fourth-order valence-corrected chi connectivity index (χ4v) is 1.41. The van der Waals surface area contributed by atoms with Crippen LogP contribution in [-0.4, -0.2) is 71.7 Å². The molecule has 0 bridgehead atoms. The molecule has 0 unspecified atom stereocenters. The van der Waals surface area contributed by atoms with Crippen molar-refractivity contribution in [3.8, 4) is 0 Å². The maximum absolute atomic E-state index is 11.5. The Kier molecular flexibility index (Phi) is 18.0. The molecule has 0 saturated carbocycles. The van der Waals surface area contributed by atoms with Crippen LogP contribution in [0.4, 0.5) is 0 Å². The first-order chi connectivity index (χ1) is 11.3. The first kappa shape index (κ1) is 30.2. The summed E-state index contributed by atoms with van der Waals surface area (Å²) in [5.41, 5.74) is 5.23. The van der Waals surface area contributed by atoms with Gasteiger partial charge in [0.25, 0.3) is 9.05 Å². The van der Waals surface area contributed by atoms with Crippen LogP contribution in [0.15, 0.2) is 0 Å². The van der Waals surface area contributed by atoms with Crippen LogP contribution in [0.2, 0.25) is 0 Å². The van der Waals surface area contributed by atoms with Crippen molar-refractivity contribution in [2.75, 3.05) is 12.3 Å². The molecule has 0 aromatic rings. The second kappa shape index (κ2) is 15.5. The van der Waals surface area contributed by atoms with E-state index in [1.807, 2.05) is 0 Å². The molecule has 2 atom stereocenters. The summed E-state index contributed by atoms with van der Waals surface area (Å²) in [5.74, 6) is -3.70. The number of rotatable bonds is 9. The predicted molar refractivity (Wildman–Crippen MR) is 93.2 cm³/mol. The third-order valence-corrected chi connectivity index (χ3v) is 2.61. The monoisotopic (exact) mass is 445 g/mol. The van der Waals surface area contributed by atoms with Gasteiger partial charge < -0.3 is 28.0 Å². The Hall–Kier alpha value is -0.520. The van der Waals surface area contributed by atoms with E-state index in [-0.39, 0.29) is 49.6 Å². The van der Waals surface area contributed by atoms with Gasteiger partial charge in [0.15, 0.2) is 0 Å². The first-order valence-electron chi connectivity index (χ1n) is 6.35. The third kappa shape index (κ3) is 21.5. The normalized spacial score (nSPS) is 12.3. The van der Waals surface area contributed by atoms with Crippen LogP contribution in [0, 0.1) is 0 Å². The van der Waals surface area contributed by atoms with Gasteiger partial charge in [-0.25, -0.2) is 0 Å². The zero-order valence-corrected chi connectivity index (χ0v) is 18.2. The minimum atomic E-state index is -3.83. The fraction of sp³-hybridized carbons (Fsp3) is 0.600. The van der Waals surface area contributed by atoms with E-state index < -0.39 is 51.4 Å². The van der Waals surface area contributed by atoms with Crippen molar-refractivity contribution in [2.45, 2.75) is 24.9 Å². The first-order valence-corrected chi connectivity index (χ1v) is 9.38. The van der Waals surface area contributed by atoms with E-state index in [1.54, 1.807) is 0 Å². The standard InChI is InChI=1S/C10H17N3O6S.Na.H2O3S2.H/c11-5(10(18)19)1-2-7(14)13-6(4-20)9(17)12-3-8(15)16;;1-5(2,3)4;/h5-6,20H,1-4,11H2,(H,12,17)(H,13,14)(H,15,16)(H,18,19);;(H2,1,2,3,4);/q;+1;;-1/t5-,6-;;;/m0.../s1. The number of nitrogens with one attached hydrogen (secondary N) is 2. The molecule has 0 aromatic heterocycles. The van der Waals surface area contributed by atoms with Crippen LogP contribution in [-0.2, 0) is 39.4 Å². The molecule has 0 heterocycles. The number of hydrogen-bond acceptors (Lipinski definition) is 8. The van der Waals surface area contributed by atoms with Gasteiger partial charge in [0.2, 0.25) is 11.8 Å². The van der Waals surface area contributed by atoms with Gasteiger partial charge in [-0.15, -0.1) is 0 Å². The minimum Gasteiger partial charge on any atom is -1.00 e. The molecule has 0 aliphatic heterocycles. The Morgan fingerprint density at radius 3 is 2.04 bits per heavy atom. The number of carbonyl (C=O) groups is 4. The van der Waals surface area contributed by atoms with E-state index in [0.717, 1.165) is 0 Å². The van der Waals surface area contributed by atoms with Gasteiger partial charge in [-0.2, -0.15) is 16.8 Å². The van der Waals surface area contributed by atoms with Crippen molar-refractivity contribution < 1.29 is 73.7 Å². The number of aliphatic carboxylic acids is 2. The quantitative estimate of drug-likeness (QED) is 0.124. The van der Waals surface area contributed by atoms with Gasteiger partial charge in [-0.05, 0) is 6.42 Å². The van der Waals surface area contributed by atoms with Crippen LogP contribution in [0.25, 0.3) is 0 Å². The van der Waals surface area contributed by atoms with Crippen LogP contribution in [0.5, 0.6) is 0 Å². The topological polar surface area (TPSA) is 216 Å². The molecular formula is C10H20N3NaO9S3. The molecule has 12 nitrogen and oxygen atoms in total. The zero-order chi connectivity index (χ0) is 20.2. The Balaban J connectivity index is -0.000000333. The smallest absolute Gasteiger partial charge is 1.00 e. The number of hydrogen-bond donors (Lipinski definition) is 8. The summed E-state index contributed by atoms with van der Waals surface area (Å²) in [6.45, 7) is -0.567. The Labute approximate surface area is 183 Å². The number of carbonyl (C=O) groups excluding carboxylic acids is 2. The molecule has 0 fully saturated rings. The SMILES string of the molecule is N[C@@H](CCC(=O)N[C@@H](CS)C(=O)NCC(=O)O)C(=O)O.O=S(O)(O)=S.[H-].[Na+]. The Morgan fingerprint density at radius 1 is 1.23 bits per heavy atom. The van der Waals surface area contributed by atoms with Crippen molar-refractivity contribution in [3.05, 3.63) is 0 Å². The van der Waals surface area contributed by atoms with Crippen molar-refractivity contribution in [2.24, 2.45) is 5.73 Å². The van der Waals surface area contributed by atoms with Crippen LogP contribution in [0.3, 0.4) is 0 Å². The van der Waals surface area contributed by atoms with Gasteiger partial charge in [0.05, 0.1) is 0 Å². The Bertz CT molecular complexity index is 586. The molecular weight excluding hydrogens is 425 g/mol. The number of amides is 2. The average molecular weight is 445 g/mol. The third-order valence-electron chi connectivity index (χ3n) is 2.25. The summed E-state index contributed by atoms with van der Waals surface area (Å²) >= 11 is 7.34. The molecule has 0 aliphatic carbocycles. The fourth-order valence-electron chi connectivity index (χ4n) is 1.16. The van der Waals surface area contributed by atoms with Crippen molar-refractivity contribution in [1.29, 1.82) is 0 Å². The molecule has 16 heteroatoms. The van der Waals surface area contributed by atoms with E-state index in [9.17, 15) is 19.2 Å². The number of carboxylic acid groups (broad SMARTS) is 2. The molecule has 148 valence electrons. The van der Waals surface area contributed by atoms with E-state index in [0.29, 0.717) is 0 Å². The van der Waals surface area contributed by atoms with E-state index in [2.05, 4.69) is 34.5 Å². The summed E-state index contributed by atoms with van der Waals surface area (Å²) in [4.78, 5) is 43.7. The predicted octanol–water partition coefficient (Wildman–Crippen LogP) is -5.41. The van der Waals surface area contributed by atoms with E-state index in [1.165, 1.54) is 0 Å². The maximum atomic E-state index is 11.5. The maximum Gasteiger partial charge on any atom is 1.00 e. The molecule has 0 aliphatic rings. The summed E-state index contributed by atoms with van der Waals surface area (Å²) in [7, 11) is -3.83. The second-order valence-electron chi connectivity index (χ2n) is 4.35. The van der Waals surface area contributed by atoms with Gasteiger partial charge in [-0.1, -0.05) is 0 Å². The summed E-state index contributed by atoms with van der Waals surface area (Å²) < 4.78 is 24.0. The molecule has 26 heavy (non-hydrogen) atoms. The summed E-state index contributed by atoms with van der Waals surface area (Å²) in [6, 6.07) is -2.15. The van der Waals surface area contributed by atoms with E-state index >= 15 is 0 Å². The molecule has 0 radical (unpaired) electrons. The van der Waals surface area contributed by atoms with Gasteiger partial charge in [-0.3, -0.25) is 28.3 Å². The summed E-state index contributed by atoms with van der Waals surface area (Å²) in [5, 5.41) is 21.4. The van der Waals surface area contributed by atoms with Crippen LogP contribution >= 0.6 is 12.6 Å². The number of carboxylic acids is 2. The van der Waals surface area contributed by atoms with Gasteiger partial charge in [0.1, 0.15) is 18.6 Å². The molecule has 0 saturated heterocycles. The zero-order valence-electron chi connectivity index (χ0n) is 14.7. The molecule has 0 aromatic carbocycles. The van der Waals surface area contributed by atoms with Crippen molar-refractivity contribution in [3.63, 3.8) is 0 Å². The second-order valence-corrected chi connectivity index (χ2v) is 6.91. The Morgan fingerprint density at radius 2 is 1.69 bits per heavy atom. The summed E-state index contributed by atoms with van der Waals surface area (Å²) in [6.07, 6.45) is -0.235. The molecule has 0 spiro atoms. The van der Waals surface area contributed by atoms with Gasteiger partial charge in [0, 0.05) is 23.4 Å². The van der Waals surface area contributed by atoms with E-state index in [4.69, 9.17) is 29.3 Å². The number of thiol groups is 1. The molecule has 0 rings (SSSR count). The van der Waals surface area contributed by atoms with Crippen LogP contribution < -0.4 is 45.9 Å². The van der Waals surface area contributed by atoms with Gasteiger partial charge >= 0.3 is 41.5 Å². The van der Waals surface area contributed by atoms with Crippen LogP contribution in [0.1, 0.15) is 14.3 Å². The van der Waals surface area contributed by atoms with Crippen molar-refractivity contribution >= 4 is 56.6 Å². The number of nitrogens with two attached hydrogens (primary N) is 1. The molecule has 2 amide bonds.